The number of imidazole rings is 1. The summed E-state index contributed by atoms with van der Waals surface area (Å²) in [6, 6.07) is 70.0. The maximum atomic E-state index is 5.18. The predicted octanol–water partition coefficient (Wildman–Crippen LogP) is 12.2. The van der Waals surface area contributed by atoms with Crippen LogP contribution in [0.4, 0.5) is 0 Å². The van der Waals surface area contributed by atoms with Crippen LogP contribution < -0.4 is 0 Å². The van der Waals surface area contributed by atoms with E-state index in [0.29, 0.717) is 0 Å². The molecule has 55 heavy (non-hydrogen) atoms. The first-order valence-corrected chi connectivity index (χ1v) is 18.7. The molecule has 0 aliphatic carbocycles. The first-order valence-electron chi connectivity index (χ1n) is 18.7. The van der Waals surface area contributed by atoms with E-state index in [4.69, 9.17) is 9.97 Å². The van der Waals surface area contributed by atoms with E-state index in [0.717, 1.165) is 44.7 Å². The molecule has 4 heteroatoms. The van der Waals surface area contributed by atoms with Crippen LogP contribution in [0.1, 0.15) is 22.3 Å². The number of hydrogen-bond acceptors (Lipinski definition) is 2. The molecule has 0 bridgehead atoms. The number of rotatable bonds is 6. The number of fused-ring (bicyclic) bond motifs is 9. The van der Waals surface area contributed by atoms with Gasteiger partial charge in [-0.2, -0.15) is 0 Å². The van der Waals surface area contributed by atoms with Gasteiger partial charge in [0.1, 0.15) is 11.5 Å². The summed E-state index contributed by atoms with van der Waals surface area (Å²) in [5, 5.41) is 5.87. The second kappa shape index (κ2) is 12.4. The highest BCUT2D eigenvalue weighted by molar-refractivity contribution is 6.13. The topological polar surface area (TPSA) is 35.1 Å². The highest BCUT2D eigenvalue weighted by Crippen LogP contribution is 2.48. The predicted molar refractivity (Wildman–Crippen MR) is 226 cm³/mol. The third-order valence-electron chi connectivity index (χ3n) is 11.4. The Bertz CT molecular complexity index is 3140. The van der Waals surface area contributed by atoms with Crippen molar-refractivity contribution in [1.29, 1.82) is 0 Å². The van der Waals surface area contributed by atoms with Crippen LogP contribution in [0.5, 0.6) is 0 Å². The normalized spacial score (nSPS) is 12.0. The average Bonchev–Trinajstić information content (AvgIpc) is 3.86. The Hall–Kier alpha value is -7.30. The van der Waals surface area contributed by atoms with E-state index in [9.17, 15) is 0 Å². The fourth-order valence-electron chi connectivity index (χ4n) is 9.00. The van der Waals surface area contributed by atoms with E-state index in [1.165, 1.54) is 43.8 Å². The van der Waals surface area contributed by atoms with Crippen molar-refractivity contribution >= 4 is 49.1 Å². The molecule has 0 atom stereocenters. The van der Waals surface area contributed by atoms with Crippen molar-refractivity contribution in [2.75, 3.05) is 0 Å². The van der Waals surface area contributed by atoms with Gasteiger partial charge in [-0.3, -0.25) is 8.97 Å². The maximum Gasteiger partial charge on any atom is 0.145 e. The van der Waals surface area contributed by atoms with Crippen LogP contribution >= 0.6 is 0 Å². The van der Waals surface area contributed by atoms with Gasteiger partial charge in [0, 0.05) is 33.3 Å². The molecule has 258 valence electrons. The van der Waals surface area contributed by atoms with E-state index < -0.39 is 5.41 Å². The minimum absolute atomic E-state index is 0.687. The summed E-state index contributed by atoms with van der Waals surface area (Å²) in [5.41, 5.74) is 10.6. The van der Waals surface area contributed by atoms with Crippen molar-refractivity contribution in [3.8, 4) is 17.1 Å². The Labute approximate surface area is 318 Å². The van der Waals surface area contributed by atoms with Crippen LogP contribution in [0.25, 0.3) is 66.2 Å². The maximum absolute atomic E-state index is 5.18. The molecule has 0 aliphatic heterocycles. The summed E-state index contributed by atoms with van der Waals surface area (Å²) in [6.45, 7) is 0. The van der Waals surface area contributed by atoms with Gasteiger partial charge in [0.05, 0.1) is 33.9 Å². The molecular formula is C51H34N4. The third-order valence-corrected chi connectivity index (χ3v) is 11.4. The van der Waals surface area contributed by atoms with Crippen molar-refractivity contribution in [1.82, 2.24) is 18.9 Å². The van der Waals surface area contributed by atoms with Crippen molar-refractivity contribution in [3.63, 3.8) is 0 Å². The summed E-state index contributed by atoms with van der Waals surface area (Å²) < 4.78 is 4.64. The van der Waals surface area contributed by atoms with Crippen molar-refractivity contribution in [2.24, 2.45) is 0 Å². The van der Waals surface area contributed by atoms with Gasteiger partial charge in [-0.1, -0.05) is 158 Å². The van der Waals surface area contributed by atoms with Gasteiger partial charge in [-0.15, -0.1) is 0 Å². The Kier molecular flexibility index (Phi) is 7.04. The average molecular weight is 703 g/mol. The van der Waals surface area contributed by atoms with Gasteiger partial charge in [0.2, 0.25) is 0 Å². The van der Waals surface area contributed by atoms with Gasteiger partial charge >= 0.3 is 0 Å². The first-order chi connectivity index (χ1) is 27.3. The fraction of sp³-hybridized carbons (Fsp3) is 0.0196. The van der Waals surface area contributed by atoms with Crippen LogP contribution in [0.15, 0.2) is 207 Å². The van der Waals surface area contributed by atoms with Crippen molar-refractivity contribution in [2.45, 2.75) is 5.41 Å². The summed E-state index contributed by atoms with van der Waals surface area (Å²) in [4.78, 5) is 10.0. The highest BCUT2D eigenvalue weighted by Gasteiger charge is 2.39. The number of hydrogen-bond donors (Lipinski definition) is 0. The molecule has 0 unspecified atom stereocenters. The number of para-hydroxylation sites is 2. The molecule has 4 aromatic heterocycles. The molecule has 7 aromatic carbocycles. The standard InChI is InChI=1S/C51H34N4/c1-4-16-35(17-5-1)48-34-53-50-44-32-38(27-29-40(44)41-22-10-13-25-46(41)55(48)50)51(36-18-6-2-7-19-36,37-20-8-3-9-21-37)39-28-30-43-42-23-11-12-24-45(42)54(47(43)33-39)49-26-14-15-31-52-49/h1-34H. The molecule has 11 aromatic rings. The number of benzene rings is 7. The Morgan fingerprint density at radius 1 is 0.382 bits per heavy atom. The fourth-order valence-corrected chi connectivity index (χ4v) is 9.00. The lowest BCUT2D eigenvalue weighted by Crippen LogP contribution is -2.31. The molecule has 4 nitrogen and oxygen atoms in total. The monoisotopic (exact) mass is 702 g/mol. The van der Waals surface area contributed by atoms with E-state index >= 15 is 0 Å². The molecule has 0 spiro atoms. The number of nitrogens with zero attached hydrogens (tertiary/aromatic N) is 4. The second-order valence-electron chi connectivity index (χ2n) is 14.2. The lowest BCUT2D eigenvalue weighted by atomic mass is 9.65. The summed E-state index contributed by atoms with van der Waals surface area (Å²) >= 11 is 0. The molecule has 0 aliphatic rings. The molecule has 0 N–H and O–H groups in total. The summed E-state index contributed by atoms with van der Waals surface area (Å²) in [6.07, 6.45) is 3.89. The van der Waals surface area contributed by atoms with Gasteiger partial charge < -0.3 is 0 Å². The van der Waals surface area contributed by atoms with E-state index in [1.807, 2.05) is 18.5 Å². The quantitative estimate of drug-likeness (QED) is 0.128. The van der Waals surface area contributed by atoms with Crippen molar-refractivity contribution in [3.05, 3.63) is 229 Å². The van der Waals surface area contributed by atoms with Crippen LogP contribution in [-0.2, 0) is 5.41 Å². The lowest BCUT2D eigenvalue weighted by Gasteiger charge is -2.37. The summed E-state index contributed by atoms with van der Waals surface area (Å²) in [7, 11) is 0. The number of pyridine rings is 2. The molecule has 0 saturated heterocycles. The molecule has 0 fully saturated rings. The minimum atomic E-state index is -0.687. The number of aromatic nitrogens is 4. The Morgan fingerprint density at radius 3 is 1.64 bits per heavy atom. The van der Waals surface area contributed by atoms with Crippen LogP contribution in [0.2, 0.25) is 0 Å². The molecule has 11 rings (SSSR count). The van der Waals surface area contributed by atoms with Gasteiger partial charge in [0.25, 0.3) is 0 Å². The molecule has 4 heterocycles. The molecule has 0 saturated carbocycles. The van der Waals surface area contributed by atoms with E-state index in [2.05, 4.69) is 197 Å². The zero-order valence-electron chi connectivity index (χ0n) is 29.9. The second-order valence-corrected chi connectivity index (χ2v) is 14.2. The molecule has 0 amide bonds. The third kappa shape index (κ3) is 4.65. The largest absolute Gasteiger partial charge is 0.294 e. The SMILES string of the molecule is c1ccc(-c2cnc3c4cc(C(c5ccccc5)(c5ccccc5)c5ccc6c7ccccc7n(-c7ccccn7)c6c5)ccc4c4ccccc4n23)cc1. The van der Waals surface area contributed by atoms with Gasteiger partial charge in [0.15, 0.2) is 0 Å². The first kappa shape index (κ1) is 31.2. The smallest absolute Gasteiger partial charge is 0.145 e. The summed E-state index contributed by atoms with van der Waals surface area (Å²) in [5.74, 6) is 0.893. The van der Waals surface area contributed by atoms with Crippen LogP contribution in [-0.4, -0.2) is 18.9 Å². The molecule has 0 radical (unpaired) electrons. The molecular weight excluding hydrogens is 669 g/mol. The zero-order valence-corrected chi connectivity index (χ0v) is 29.9. The van der Waals surface area contributed by atoms with E-state index in [-0.39, 0.29) is 0 Å². The van der Waals surface area contributed by atoms with Crippen molar-refractivity contribution < 1.29 is 0 Å². The van der Waals surface area contributed by atoms with E-state index in [1.54, 1.807) is 0 Å². The lowest BCUT2D eigenvalue weighted by molar-refractivity contribution is 0.747. The Morgan fingerprint density at radius 2 is 0.945 bits per heavy atom. The van der Waals surface area contributed by atoms with Gasteiger partial charge in [-0.05, 0) is 64.0 Å². The van der Waals surface area contributed by atoms with Crippen LogP contribution in [0, 0.1) is 0 Å². The highest BCUT2D eigenvalue weighted by atomic mass is 15.1. The minimum Gasteiger partial charge on any atom is -0.294 e. The Balaban J connectivity index is 1.27. The van der Waals surface area contributed by atoms with Gasteiger partial charge in [-0.25, -0.2) is 9.97 Å². The zero-order chi connectivity index (χ0) is 36.3. The van der Waals surface area contributed by atoms with Crippen LogP contribution in [0.3, 0.4) is 0 Å².